The Hall–Kier alpha value is -2.98. The molecule has 2 amide bonds. The van der Waals surface area contributed by atoms with E-state index in [4.69, 9.17) is 4.74 Å². The van der Waals surface area contributed by atoms with Gasteiger partial charge < -0.3 is 15.0 Å². The summed E-state index contributed by atoms with van der Waals surface area (Å²) in [7, 11) is -3.81. The second kappa shape index (κ2) is 8.27. The summed E-state index contributed by atoms with van der Waals surface area (Å²) >= 11 is 0. The van der Waals surface area contributed by atoms with E-state index < -0.39 is 21.9 Å². The van der Waals surface area contributed by atoms with E-state index in [1.807, 2.05) is 6.92 Å². The third kappa shape index (κ3) is 4.13. The van der Waals surface area contributed by atoms with E-state index in [2.05, 4.69) is 5.32 Å². The number of rotatable bonds is 4. The number of carbonyl (C=O) groups excluding carboxylic acids is 2. The smallest absolute Gasteiger partial charge is 0.265 e. The number of nitrogens with one attached hydrogen (secondary N) is 1. The van der Waals surface area contributed by atoms with E-state index in [0.29, 0.717) is 23.4 Å². The molecule has 0 radical (unpaired) electrons. The molecule has 0 spiro atoms. The number of anilines is 1. The molecular weight excluding hydrogens is 425 g/mol. The summed E-state index contributed by atoms with van der Waals surface area (Å²) in [5, 5.41) is 2.69. The fraction of sp³-hybridized carbons (Fsp3) is 0.333. The van der Waals surface area contributed by atoms with Crippen molar-refractivity contribution in [3.05, 3.63) is 53.8 Å². The third-order valence-corrected chi connectivity index (χ3v) is 7.29. The second-order valence-electron chi connectivity index (χ2n) is 7.37. The monoisotopic (exact) mass is 447 g/mol. The molecule has 0 unspecified atom stereocenters. The number of amides is 2. The Bertz CT molecular complexity index is 1110. The van der Waals surface area contributed by atoms with Crippen molar-refractivity contribution in [2.45, 2.75) is 24.3 Å². The van der Waals surface area contributed by atoms with Crippen LogP contribution in [0.2, 0.25) is 0 Å². The van der Waals surface area contributed by atoms with Crippen LogP contribution in [0.5, 0.6) is 5.75 Å². The minimum absolute atomic E-state index is 0.0448. The first-order chi connectivity index (χ1) is 14.8. The van der Waals surface area contributed by atoms with Gasteiger partial charge in [-0.15, -0.1) is 0 Å². The highest BCUT2D eigenvalue weighted by Gasteiger charge is 2.32. The summed E-state index contributed by atoms with van der Waals surface area (Å²) in [6, 6.07) is 9.64. The number of hydrogen-bond donors (Lipinski definition) is 1. The number of benzene rings is 2. The molecule has 0 aromatic heterocycles. The number of ether oxygens (including phenoxy) is 1. The van der Waals surface area contributed by atoms with Crippen LogP contribution in [0.1, 0.15) is 23.7 Å². The molecule has 0 saturated carbocycles. The Morgan fingerprint density at radius 2 is 1.81 bits per heavy atom. The number of sulfonamides is 1. The highest BCUT2D eigenvalue weighted by atomic mass is 32.2. The summed E-state index contributed by atoms with van der Waals surface area (Å²) in [6.07, 6.45) is -0.0895. The maximum atomic E-state index is 13.1. The Morgan fingerprint density at radius 1 is 1.13 bits per heavy atom. The summed E-state index contributed by atoms with van der Waals surface area (Å²) < 4.78 is 46.2. The molecular formula is C21H22FN3O5S. The van der Waals surface area contributed by atoms with Gasteiger partial charge >= 0.3 is 0 Å². The first-order valence-electron chi connectivity index (χ1n) is 9.96. The standard InChI is InChI=1S/C21H22FN3O5S/c1-2-18-20(26)23-17-13-16(7-8-19(17)30-18)31(28,29)25-11-9-24(10-12-25)21(27)14-3-5-15(22)6-4-14/h3-8,13,18H,2,9-12H2,1H3,(H,23,26)/t18-/m0/s1. The molecule has 0 aliphatic carbocycles. The van der Waals surface area contributed by atoms with E-state index in [9.17, 15) is 22.4 Å². The molecule has 2 aliphatic rings. The van der Waals surface area contributed by atoms with Gasteiger partial charge in [-0.25, -0.2) is 12.8 Å². The molecule has 2 aromatic rings. The average molecular weight is 447 g/mol. The van der Waals surface area contributed by atoms with Crippen molar-refractivity contribution in [1.82, 2.24) is 9.21 Å². The maximum Gasteiger partial charge on any atom is 0.265 e. The van der Waals surface area contributed by atoms with Crippen LogP contribution in [0.15, 0.2) is 47.4 Å². The highest BCUT2D eigenvalue weighted by Crippen LogP contribution is 2.33. The molecule has 1 saturated heterocycles. The Morgan fingerprint density at radius 3 is 2.45 bits per heavy atom. The fourth-order valence-electron chi connectivity index (χ4n) is 3.61. The minimum Gasteiger partial charge on any atom is -0.478 e. The molecule has 2 aliphatic heterocycles. The maximum absolute atomic E-state index is 13.1. The molecule has 1 fully saturated rings. The van der Waals surface area contributed by atoms with Crippen LogP contribution < -0.4 is 10.1 Å². The number of nitrogens with zero attached hydrogens (tertiary/aromatic N) is 2. The number of halogens is 1. The summed E-state index contributed by atoms with van der Waals surface area (Å²) in [6.45, 7) is 2.53. The van der Waals surface area contributed by atoms with Crippen molar-refractivity contribution < 1.29 is 27.1 Å². The van der Waals surface area contributed by atoms with Crippen molar-refractivity contribution in [3.63, 3.8) is 0 Å². The lowest BCUT2D eigenvalue weighted by atomic mass is 10.2. The van der Waals surface area contributed by atoms with Crippen LogP contribution in [0, 0.1) is 5.82 Å². The molecule has 0 bridgehead atoms. The molecule has 164 valence electrons. The summed E-state index contributed by atoms with van der Waals surface area (Å²) in [4.78, 5) is 26.2. The van der Waals surface area contributed by atoms with Crippen LogP contribution in [-0.4, -0.2) is 61.7 Å². The molecule has 8 nitrogen and oxygen atoms in total. The van der Waals surface area contributed by atoms with Crippen LogP contribution in [0.3, 0.4) is 0 Å². The number of fused-ring (bicyclic) bond motifs is 1. The van der Waals surface area contributed by atoms with Gasteiger partial charge in [0.25, 0.3) is 11.8 Å². The van der Waals surface area contributed by atoms with Crippen molar-refractivity contribution in [3.8, 4) is 5.75 Å². The SMILES string of the molecule is CC[C@@H]1Oc2ccc(S(=O)(=O)N3CCN(C(=O)c4ccc(F)cc4)CC3)cc2NC1=O. The average Bonchev–Trinajstić information content (AvgIpc) is 2.78. The summed E-state index contributed by atoms with van der Waals surface area (Å²) in [5.74, 6) is -0.571. The number of hydrogen-bond acceptors (Lipinski definition) is 5. The lowest BCUT2D eigenvalue weighted by Crippen LogP contribution is -2.50. The Kier molecular flexibility index (Phi) is 5.67. The first-order valence-corrected chi connectivity index (χ1v) is 11.4. The lowest BCUT2D eigenvalue weighted by Gasteiger charge is -2.34. The Balaban J connectivity index is 1.46. The highest BCUT2D eigenvalue weighted by molar-refractivity contribution is 7.89. The van der Waals surface area contributed by atoms with Gasteiger partial charge in [0.2, 0.25) is 10.0 Å². The van der Waals surface area contributed by atoms with E-state index in [1.165, 1.54) is 40.7 Å². The molecule has 1 N–H and O–H groups in total. The van der Waals surface area contributed by atoms with Gasteiger partial charge in [-0.3, -0.25) is 9.59 Å². The van der Waals surface area contributed by atoms with Gasteiger partial charge in [-0.2, -0.15) is 4.31 Å². The predicted octanol–water partition coefficient (Wildman–Crippen LogP) is 2.08. The van der Waals surface area contributed by atoms with Crippen LogP contribution in [-0.2, 0) is 14.8 Å². The van der Waals surface area contributed by atoms with Gasteiger partial charge in [0, 0.05) is 31.7 Å². The molecule has 1 atom stereocenters. The lowest BCUT2D eigenvalue weighted by molar-refractivity contribution is -0.123. The minimum atomic E-state index is -3.81. The van der Waals surface area contributed by atoms with Gasteiger partial charge in [-0.1, -0.05) is 6.92 Å². The second-order valence-corrected chi connectivity index (χ2v) is 9.30. The molecule has 10 heteroatoms. The van der Waals surface area contributed by atoms with Gasteiger partial charge in [0.1, 0.15) is 11.6 Å². The van der Waals surface area contributed by atoms with Crippen LogP contribution in [0.25, 0.3) is 0 Å². The van der Waals surface area contributed by atoms with Crippen LogP contribution in [0.4, 0.5) is 10.1 Å². The number of piperazine rings is 1. The summed E-state index contributed by atoms with van der Waals surface area (Å²) in [5.41, 5.74) is 0.675. The predicted molar refractivity (Wildman–Crippen MR) is 111 cm³/mol. The molecule has 31 heavy (non-hydrogen) atoms. The number of carbonyl (C=O) groups is 2. The Labute approximate surface area is 179 Å². The molecule has 4 rings (SSSR count). The zero-order valence-electron chi connectivity index (χ0n) is 16.9. The van der Waals surface area contributed by atoms with Crippen molar-refractivity contribution in [1.29, 1.82) is 0 Å². The quantitative estimate of drug-likeness (QED) is 0.774. The topological polar surface area (TPSA) is 96.0 Å². The van der Waals surface area contributed by atoms with Gasteiger partial charge in [0.05, 0.1) is 10.6 Å². The van der Waals surface area contributed by atoms with Crippen LogP contribution >= 0.6 is 0 Å². The molecule has 2 heterocycles. The fourth-order valence-corrected chi connectivity index (χ4v) is 5.06. The van der Waals surface area contributed by atoms with Crippen molar-refractivity contribution in [2.24, 2.45) is 0 Å². The zero-order chi connectivity index (χ0) is 22.2. The third-order valence-electron chi connectivity index (χ3n) is 5.40. The first kappa shape index (κ1) is 21.3. The van der Waals surface area contributed by atoms with E-state index in [-0.39, 0.29) is 42.9 Å². The van der Waals surface area contributed by atoms with E-state index in [0.717, 1.165) is 0 Å². The van der Waals surface area contributed by atoms with Crippen molar-refractivity contribution in [2.75, 3.05) is 31.5 Å². The van der Waals surface area contributed by atoms with E-state index in [1.54, 1.807) is 11.0 Å². The zero-order valence-corrected chi connectivity index (χ0v) is 17.7. The molecule has 2 aromatic carbocycles. The van der Waals surface area contributed by atoms with E-state index >= 15 is 0 Å². The largest absolute Gasteiger partial charge is 0.478 e. The normalized spacial score (nSPS) is 19.4. The van der Waals surface area contributed by atoms with Gasteiger partial charge in [-0.05, 0) is 48.9 Å². The van der Waals surface area contributed by atoms with Crippen molar-refractivity contribution >= 4 is 27.5 Å². The van der Waals surface area contributed by atoms with Gasteiger partial charge in [0.15, 0.2) is 6.10 Å².